The van der Waals surface area contributed by atoms with Gasteiger partial charge >= 0.3 is 6.18 Å². The molecule has 3 aromatic carbocycles. The maximum absolute atomic E-state index is 13.7. The van der Waals surface area contributed by atoms with E-state index in [1.165, 1.54) is 41.3 Å². The van der Waals surface area contributed by atoms with E-state index in [0.717, 1.165) is 0 Å². The largest absolute Gasteiger partial charge is 0.403 e. The standard InChI is InChI=1S/C28H21F5N4O2/c29-18-3-1-16(2-4-18)25-22(35-26(39)27(11-12-27)28(31,32)33)14-24(38)36(25)21-9-10-23-17(13-21)15-34-37(23)20-7-5-19(30)6-8-20/h1-10,13,15,22,25H,11-12,14H2,(H,35,39)/t22-,25?/m0/s1. The summed E-state index contributed by atoms with van der Waals surface area (Å²) >= 11 is 0. The van der Waals surface area contributed by atoms with E-state index in [1.54, 1.807) is 41.2 Å². The molecule has 6 nitrogen and oxygen atoms in total. The highest BCUT2D eigenvalue weighted by atomic mass is 19.4. The molecular weight excluding hydrogens is 519 g/mol. The minimum Gasteiger partial charge on any atom is -0.350 e. The molecule has 1 N–H and O–H groups in total. The third kappa shape index (κ3) is 4.21. The van der Waals surface area contributed by atoms with E-state index in [9.17, 15) is 31.5 Å². The van der Waals surface area contributed by atoms with Crippen LogP contribution in [-0.2, 0) is 9.59 Å². The van der Waals surface area contributed by atoms with Gasteiger partial charge in [0.15, 0.2) is 0 Å². The molecule has 2 atom stereocenters. The zero-order chi connectivity index (χ0) is 27.5. The first-order valence-corrected chi connectivity index (χ1v) is 12.3. The monoisotopic (exact) mass is 540 g/mol. The SMILES string of the molecule is O=C1C[C@H](NC(=O)C2(C(F)(F)F)CC2)C(c2ccc(F)cc2)N1c1ccc2c(cnn2-c2ccc(F)cc2)c1. The third-order valence-electron chi connectivity index (χ3n) is 7.48. The summed E-state index contributed by atoms with van der Waals surface area (Å²) in [7, 11) is 0. The molecule has 2 heterocycles. The summed E-state index contributed by atoms with van der Waals surface area (Å²) in [5.41, 5.74) is -0.228. The van der Waals surface area contributed by atoms with E-state index in [0.29, 0.717) is 27.8 Å². The van der Waals surface area contributed by atoms with Crippen molar-refractivity contribution in [1.82, 2.24) is 15.1 Å². The summed E-state index contributed by atoms with van der Waals surface area (Å²) in [4.78, 5) is 27.5. The van der Waals surface area contributed by atoms with Gasteiger partial charge in [-0.15, -0.1) is 0 Å². The number of alkyl halides is 3. The number of amides is 2. The average molecular weight is 540 g/mol. The first kappa shape index (κ1) is 25.0. The van der Waals surface area contributed by atoms with Crippen molar-refractivity contribution in [2.24, 2.45) is 5.41 Å². The molecule has 1 aromatic heterocycles. The number of halogens is 5. The number of anilines is 1. The van der Waals surface area contributed by atoms with Crippen LogP contribution < -0.4 is 10.2 Å². The molecule has 0 bridgehead atoms. The molecule has 2 aliphatic rings. The van der Waals surface area contributed by atoms with Crippen molar-refractivity contribution in [3.8, 4) is 5.69 Å². The third-order valence-corrected chi connectivity index (χ3v) is 7.48. The Morgan fingerprint density at radius 2 is 1.54 bits per heavy atom. The van der Waals surface area contributed by atoms with Gasteiger partial charge in [-0.3, -0.25) is 9.59 Å². The Bertz CT molecular complexity index is 1580. The zero-order valence-electron chi connectivity index (χ0n) is 20.3. The smallest absolute Gasteiger partial charge is 0.350 e. The van der Waals surface area contributed by atoms with Gasteiger partial charge in [0.2, 0.25) is 11.8 Å². The van der Waals surface area contributed by atoms with E-state index in [-0.39, 0.29) is 25.1 Å². The van der Waals surface area contributed by atoms with E-state index in [1.807, 2.05) is 0 Å². The summed E-state index contributed by atoms with van der Waals surface area (Å²) in [5.74, 6) is -2.46. The molecule has 4 aromatic rings. The molecule has 39 heavy (non-hydrogen) atoms. The number of nitrogens with zero attached hydrogens (tertiary/aromatic N) is 3. The van der Waals surface area contributed by atoms with Crippen LogP contribution in [0.3, 0.4) is 0 Å². The lowest BCUT2D eigenvalue weighted by atomic mass is 9.97. The topological polar surface area (TPSA) is 67.2 Å². The Morgan fingerprint density at radius 3 is 2.15 bits per heavy atom. The van der Waals surface area contributed by atoms with Crippen LogP contribution in [0.4, 0.5) is 27.6 Å². The number of carbonyl (C=O) groups is 2. The maximum atomic E-state index is 13.7. The second-order valence-electron chi connectivity index (χ2n) is 9.90. The number of benzene rings is 3. The number of hydrogen-bond acceptors (Lipinski definition) is 3. The molecule has 0 radical (unpaired) electrons. The minimum absolute atomic E-state index is 0.228. The van der Waals surface area contributed by atoms with Crippen LogP contribution >= 0.6 is 0 Å². The van der Waals surface area contributed by atoms with Gasteiger partial charge in [0.25, 0.3) is 0 Å². The average Bonchev–Trinajstić information content (AvgIpc) is 3.54. The van der Waals surface area contributed by atoms with Gasteiger partial charge in [-0.25, -0.2) is 13.5 Å². The zero-order valence-corrected chi connectivity index (χ0v) is 20.3. The Labute approximate surface area is 219 Å². The van der Waals surface area contributed by atoms with Gasteiger partial charge in [-0.2, -0.15) is 18.3 Å². The fourth-order valence-corrected chi connectivity index (χ4v) is 5.24. The highest BCUT2D eigenvalue weighted by molar-refractivity contribution is 6.00. The van der Waals surface area contributed by atoms with Crippen molar-refractivity contribution in [3.05, 3.63) is 90.1 Å². The Hall–Kier alpha value is -4.28. The van der Waals surface area contributed by atoms with Crippen molar-refractivity contribution in [2.75, 3.05) is 4.90 Å². The summed E-state index contributed by atoms with van der Waals surface area (Å²) in [6.07, 6.45) is -3.95. The van der Waals surface area contributed by atoms with Gasteiger partial charge in [0.1, 0.15) is 17.0 Å². The number of aromatic nitrogens is 2. The van der Waals surface area contributed by atoms with Crippen LogP contribution in [0.2, 0.25) is 0 Å². The van der Waals surface area contributed by atoms with Crippen LogP contribution in [-0.4, -0.2) is 33.8 Å². The van der Waals surface area contributed by atoms with E-state index in [2.05, 4.69) is 10.4 Å². The van der Waals surface area contributed by atoms with Crippen LogP contribution in [0.5, 0.6) is 0 Å². The van der Waals surface area contributed by atoms with Crippen molar-refractivity contribution < 1.29 is 31.5 Å². The minimum atomic E-state index is -4.69. The normalized spacial score (nSPS) is 20.4. The first-order chi connectivity index (χ1) is 18.6. The van der Waals surface area contributed by atoms with E-state index in [4.69, 9.17) is 0 Å². The van der Waals surface area contributed by atoms with Gasteiger partial charge in [-0.1, -0.05) is 12.1 Å². The van der Waals surface area contributed by atoms with Gasteiger partial charge < -0.3 is 10.2 Å². The van der Waals surface area contributed by atoms with Gasteiger partial charge in [-0.05, 0) is 73.0 Å². The van der Waals surface area contributed by atoms with Crippen molar-refractivity contribution in [1.29, 1.82) is 0 Å². The predicted molar refractivity (Wildman–Crippen MR) is 132 cm³/mol. The fourth-order valence-electron chi connectivity index (χ4n) is 5.24. The fraction of sp³-hybridized carbons (Fsp3) is 0.250. The molecule has 11 heteroatoms. The summed E-state index contributed by atoms with van der Waals surface area (Å²) < 4.78 is 69.5. The Morgan fingerprint density at radius 1 is 0.923 bits per heavy atom. The number of rotatable bonds is 5. The van der Waals surface area contributed by atoms with Gasteiger partial charge in [0, 0.05) is 17.5 Å². The quantitative estimate of drug-likeness (QED) is 0.335. The van der Waals surface area contributed by atoms with E-state index < -0.39 is 41.3 Å². The van der Waals surface area contributed by atoms with Gasteiger partial charge in [0.05, 0.1) is 29.5 Å². The second-order valence-corrected chi connectivity index (χ2v) is 9.90. The number of carbonyl (C=O) groups excluding carboxylic acids is 2. The van der Waals surface area contributed by atoms with Crippen molar-refractivity contribution >= 4 is 28.4 Å². The Balaban J connectivity index is 1.37. The second kappa shape index (κ2) is 8.89. The Kier molecular flexibility index (Phi) is 5.70. The van der Waals surface area contributed by atoms with E-state index >= 15 is 0 Å². The molecule has 1 aliphatic heterocycles. The van der Waals surface area contributed by atoms with Crippen molar-refractivity contribution in [3.63, 3.8) is 0 Å². The first-order valence-electron chi connectivity index (χ1n) is 12.3. The predicted octanol–water partition coefficient (Wildman–Crippen LogP) is 5.61. The number of hydrogen-bond donors (Lipinski definition) is 1. The lowest BCUT2D eigenvalue weighted by molar-refractivity contribution is -0.192. The molecule has 200 valence electrons. The molecule has 6 rings (SSSR count). The number of fused-ring (bicyclic) bond motifs is 1. The summed E-state index contributed by atoms with van der Waals surface area (Å²) in [6.45, 7) is 0. The molecule has 1 saturated carbocycles. The number of nitrogens with one attached hydrogen (secondary N) is 1. The molecule has 2 amide bonds. The summed E-state index contributed by atoms with van der Waals surface area (Å²) in [6, 6.07) is 14.3. The molecule has 1 saturated heterocycles. The lowest BCUT2D eigenvalue weighted by Crippen LogP contribution is -2.47. The summed E-state index contributed by atoms with van der Waals surface area (Å²) in [5, 5.41) is 7.51. The molecule has 0 spiro atoms. The van der Waals surface area contributed by atoms with Crippen LogP contribution in [0.1, 0.15) is 30.9 Å². The molecule has 1 aliphatic carbocycles. The van der Waals surface area contributed by atoms with Crippen molar-refractivity contribution in [2.45, 2.75) is 37.5 Å². The molecule has 1 unspecified atom stereocenters. The maximum Gasteiger partial charge on any atom is 0.403 e. The highest BCUT2D eigenvalue weighted by Gasteiger charge is 2.68. The lowest BCUT2D eigenvalue weighted by Gasteiger charge is -2.30. The van der Waals surface area contributed by atoms with Crippen LogP contribution in [0.25, 0.3) is 16.6 Å². The molecule has 2 fully saturated rings. The molecular formula is C28H21F5N4O2. The van der Waals surface area contributed by atoms with Crippen LogP contribution in [0.15, 0.2) is 72.9 Å². The van der Waals surface area contributed by atoms with Crippen LogP contribution in [0, 0.1) is 17.0 Å². The highest BCUT2D eigenvalue weighted by Crippen LogP contribution is 2.58.